The second-order valence-electron chi connectivity index (χ2n) is 7.04. The van der Waals surface area contributed by atoms with Gasteiger partial charge in [0.1, 0.15) is 11.3 Å². The van der Waals surface area contributed by atoms with Crippen LogP contribution in [-0.4, -0.2) is 0 Å². The van der Waals surface area contributed by atoms with E-state index in [1.165, 1.54) is 19.3 Å². The topological polar surface area (TPSA) is 51.2 Å². The molecule has 0 radical (unpaired) electrons. The Morgan fingerprint density at radius 2 is 1.95 bits per heavy atom. The molecule has 3 fully saturated rings. The van der Waals surface area contributed by atoms with Crippen LogP contribution in [0.4, 0.5) is 0 Å². The van der Waals surface area contributed by atoms with Crippen molar-refractivity contribution in [3.8, 4) is 0 Å². The molecule has 5 rings (SSSR count). The molecule has 3 aliphatic carbocycles. The Labute approximate surface area is 128 Å². The summed E-state index contributed by atoms with van der Waals surface area (Å²) in [4.78, 5) is 0. The molecule has 2 bridgehead atoms. The minimum Gasteiger partial charge on any atom is -0.459 e. The molecule has 21 heavy (non-hydrogen) atoms. The molecule has 5 unspecified atom stereocenters. The highest BCUT2D eigenvalue weighted by atomic mass is 35.5. The zero-order valence-electron chi connectivity index (χ0n) is 11.8. The van der Waals surface area contributed by atoms with Gasteiger partial charge in [0.05, 0.1) is 6.04 Å². The maximum Gasteiger partial charge on any atom is 0.134 e. The quantitative estimate of drug-likeness (QED) is 0.668. The summed E-state index contributed by atoms with van der Waals surface area (Å²) in [6.07, 6.45) is 4.31. The third-order valence-electron chi connectivity index (χ3n) is 6.16. The zero-order chi connectivity index (χ0) is 14.1. The molecule has 0 spiro atoms. The lowest BCUT2D eigenvalue weighted by Gasteiger charge is -2.17. The Balaban J connectivity index is 1.49. The Hall–Kier alpha value is -1.03. The number of hydrogen-bond acceptors (Lipinski definition) is 3. The van der Waals surface area contributed by atoms with Crippen molar-refractivity contribution < 1.29 is 4.42 Å². The Kier molecular flexibility index (Phi) is 2.53. The number of nitrogens with one attached hydrogen (secondary N) is 1. The van der Waals surface area contributed by atoms with Crippen molar-refractivity contribution in [2.75, 3.05) is 0 Å². The van der Waals surface area contributed by atoms with Crippen LogP contribution >= 0.6 is 11.6 Å². The number of benzene rings is 1. The van der Waals surface area contributed by atoms with Crippen LogP contribution in [0.1, 0.15) is 31.1 Å². The van der Waals surface area contributed by atoms with E-state index in [1.54, 1.807) is 0 Å². The molecule has 3 N–H and O–H groups in total. The average Bonchev–Trinajstić information content (AvgIpc) is 2.83. The van der Waals surface area contributed by atoms with Gasteiger partial charge in [0.2, 0.25) is 0 Å². The highest BCUT2D eigenvalue weighted by molar-refractivity contribution is 6.31. The van der Waals surface area contributed by atoms with Gasteiger partial charge < -0.3 is 4.42 Å². The molecule has 1 aromatic heterocycles. The first-order valence-electron chi connectivity index (χ1n) is 7.91. The van der Waals surface area contributed by atoms with Gasteiger partial charge in [0, 0.05) is 10.4 Å². The number of rotatable bonds is 3. The van der Waals surface area contributed by atoms with Crippen molar-refractivity contribution in [1.29, 1.82) is 0 Å². The monoisotopic (exact) mass is 302 g/mol. The summed E-state index contributed by atoms with van der Waals surface area (Å²) in [6.45, 7) is 0. The lowest BCUT2D eigenvalue weighted by atomic mass is 9.96. The molecule has 110 valence electrons. The van der Waals surface area contributed by atoms with Gasteiger partial charge in [-0.2, -0.15) is 0 Å². The summed E-state index contributed by atoms with van der Waals surface area (Å²) in [5.41, 5.74) is 3.92. The van der Waals surface area contributed by atoms with Gasteiger partial charge in [-0.15, -0.1) is 0 Å². The van der Waals surface area contributed by atoms with Gasteiger partial charge in [0.25, 0.3) is 0 Å². The van der Waals surface area contributed by atoms with Crippen LogP contribution in [0.3, 0.4) is 0 Å². The number of hydrazine groups is 1. The summed E-state index contributed by atoms with van der Waals surface area (Å²) >= 11 is 6.06. The van der Waals surface area contributed by atoms with Gasteiger partial charge in [-0.3, -0.25) is 5.84 Å². The van der Waals surface area contributed by atoms with Crippen molar-refractivity contribution >= 4 is 22.6 Å². The molecule has 5 atom stereocenters. The van der Waals surface area contributed by atoms with E-state index in [4.69, 9.17) is 21.9 Å². The minimum absolute atomic E-state index is 0.148. The first-order valence-corrected chi connectivity index (χ1v) is 8.29. The molecule has 1 aromatic carbocycles. The normalized spacial score (nSPS) is 37.9. The SMILES string of the molecule is NNC(c1cc2cc(Cl)ccc2o1)C1C2C3CCC(C3)C21. The number of fused-ring (bicyclic) bond motifs is 6. The molecular formula is C17H19ClN2O. The maximum atomic E-state index is 6.06. The van der Waals surface area contributed by atoms with E-state index < -0.39 is 0 Å². The highest BCUT2D eigenvalue weighted by Crippen LogP contribution is 2.72. The second kappa shape index (κ2) is 4.25. The molecule has 2 aromatic rings. The van der Waals surface area contributed by atoms with Gasteiger partial charge in [-0.25, -0.2) is 5.43 Å². The fourth-order valence-corrected chi connectivity index (χ4v) is 5.59. The summed E-state index contributed by atoms with van der Waals surface area (Å²) in [7, 11) is 0. The molecule has 0 aliphatic heterocycles. The fraction of sp³-hybridized carbons (Fsp3) is 0.529. The lowest BCUT2D eigenvalue weighted by Crippen LogP contribution is -2.31. The van der Waals surface area contributed by atoms with Crippen LogP contribution in [0.25, 0.3) is 11.0 Å². The number of furan rings is 1. The van der Waals surface area contributed by atoms with E-state index in [2.05, 4.69) is 11.5 Å². The largest absolute Gasteiger partial charge is 0.459 e. The zero-order valence-corrected chi connectivity index (χ0v) is 12.5. The first-order chi connectivity index (χ1) is 10.3. The smallest absolute Gasteiger partial charge is 0.134 e. The predicted octanol–water partition coefficient (Wildman–Crippen LogP) is 3.88. The average molecular weight is 303 g/mol. The molecule has 4 heteroatoms. The van der Waals surface area contributed by atoms with Crippen LogP contribution in [0, 0.1) is 29.6 Å². The standard InChI is InChI=1S/C17H19ClN2O/c18-11-3-4-12-10(6-11)7-13(21-12)17(20-19)16-14-8-1-2-9(5-8)15(14)16/h3-4,6-9,14-17,20H,1-2,5,19H2. The molecule has 0 saturated heterocycles. The Bertz CT molecular complexity index is 696. The second-order valence-corrected chi connectivity index (χ2v) is 7.48. The molecular weight excluding hydrogens is 284 g/mol. The van der Waals surface area contributed by atoms with Crippen molar-refractivity contribution in [1.82, 2.24) is 5.43 Å². The van der Waals surface area contributed by atoms with E-state index in [0.29, 0.717) is 5.92 Å². The van der Waals surface area contributed by atoms with Gasteiger partial charge in [-0.05, 0) is 73.1 Å². The molecule has 3 nitrogen and oxygen atoms in total. The van der Waals surface area contributed by atoms with Gasteiger partial charge in [0.15, 0.2) is 0 Å². The van der Waals surface area contributed by atoms with Crippen molar-refractivity contribution in [2.24, 2.45) is 35.4 Å². The molecule has 3 saturated carbocycles. The maximum absolute atomic E-state index is 6.06. The van der Waals surface area contributed by atoms with Gasteiger partial charge in [-0.1, -0.05) is 11.6 Å². The lowest BCUT2D eigenvalue weighted by molar-refractivity contribution is 0.334. The van der Waals surface area contributed by atoms with Crippen LogP contribution in [0.5, 0.6) is 0 Å². The molecule has 3 aliphatic rings. The van der Waals surface area contributed by atoms with Crippen molar-refractivity contribution in [2.45, 2.75) is 25.3 Å². The summed E-state index contributed by atoms with van der Waals surface area (Å²) in [5.74, 6) is 11.1. The van der Waals surface area contributed by atoms with Crippen LogP contribution in [-0.2, 0) is 0 Å². The van der Waals surface area contributed by atoms with Crippen LogP contribution in [0.2, 0.25) is 5.02 Å². The molecule has 1 heterocycles. The van der Waals surface area contributed by atoms with Crippen molar-refractivity contribution in [3.05, 3.63) is 35.0 Å². The highest BCUT2D eigenvalue weighted by Gasteiger charge is 2.67. The summed E-state index contributed by atoms with van der Waals surface area (Å²) < 4.78 is 6.03. The Morgan fingerprint density at radius 3 is 2.67 bits per heavy atom. The van der Waals surface area contributed by atoms with Gasteiger partial charge >= 0.3 is 0 Å². The number of hydrogen-bond donors (Lipinski definition) is 2. The van der Waals surface area contributed by atoms with E-state index >= 15 is 0 Å². The van der Waals surface area contributed by atoms with Crippen LogP contribution < -0.4 is 11.3 Å². The third-order valence-corrected chi connectivity index (χ3v) is 6.40. The number of halogens is 1. The van der Waals surface area contributed by atoms with E-state index in [1.807, 2.05) is 18.2 Å². The number of nitrogens with two attached hydrogens (primary N) is 1. The Morgan fingerprint density at radius 1 is 1.19 bits per heavy atom. The van der Waals surface area contributed by atoms with Crippen LogP contribution in [0.15, 0.2) is 28.7 Å². The minimum atomic E-state index is 0.148. The third kappa shape index (κ3) is 1.68. The summed E-state index contributed by atoms with van der Waals surface area (Å²) in [6, 6.07) is 8.01. The summed E-state index contributed by atoms with van der Waals surface area (Å²) in [5, 5.41) is 1.81. The van der Waals surface area contributed by atoms with E-state index in [0.717, 1.165) is 45.4 Å². The van der Waals surface area contributed by atoms with Crippen molar-refractivity contribution in [3.63, 3.8) is 0 Å². The van der Waals surface area contributed by atoms with E-state index in [9.17, 15) is 0 Å². The first kappa shape index (κ1) is 12.5. The predicted molar refractivity (Wildman–Crippen MR) is 82.6 cm³/mol. The fourth-order valence-electron chi connectivity index (χ4n) is 5.41. The molecule has 0 amide bonds. The van der Waals surface area contributed by atoms with E-state index in [-0.39, 0.29) is 6.04 Å².